The highest BCUT2D eigenvalue weighted by Crippen LogP contribution is 2.10. The van der Waals surface area contributed by atoms with Crippen LogP contribution in [-0.4, -0.2) is 72.6 Å². The molecule has 0 spiro atoms. The number of likely N-dealkylation sites (tertiary alicyclic amines) is 1. The summed E-state index contributed by atoms with van der Waals surface area (Å²) in [5.74, 6) is 0.770. The van der Waals surface area contributed by atoms with E-state index in [9.17, 15) is 9.90 Å². The number of rotatable bonds is 4. The van der Waals surface area contributed by atoms with Crippen molar-refractivity contribution in [3.05, 3.63) is 0 Å². The fourth-order valence-corrected chi connectivity index (χ4v) is 1.92. The molecule has 0 aromatic heterocycles. The number of hydrogen-bond acceptors (Lipinski definition) is 3. The Morgan fingerprint density at radius 2 is 2.00 bits per heavy atom. The van der Waals surface area contributed by atoms with Crippen LogP contribution in [0.3, 0.4) is 0 Å². The molecule has 1 heterocycles. The fourth-order valence-electron chi connectivity index (χ4n) is 1.92. The average Bonchev–Trinajstić information content (AvgIpc) is 2.43. The van der Waals surface area contributed by atoms with Crippen LogP contribution in [0.15, 0.2) is 4.99 Å². The molecule has 21 heavy (non-hydrogen) atoms. The van der Waals surface area contributed by atoms with Gasteiger partial charge in [-0.3, -0.25) is 4.79 Å². The lowest BCUT2D eigenvalue weighted by atomic mass is 10.1. The number of nitrogens with one attached hydrogen (secondary N) is 1. The molecule has 1 fully saturated rings. The Balaban J connectivity index is 0.00000400. The summed E-state index contributed by atoms with van der Waals surface area (Å²) in [5, 5.41) is 12.9. The Morgan fingerprint density at radius 1 is 1.43 bits per heavy atom. The third-order valence-electron chi connectivity index (χ3n) is 3.61. The molecule has 6 nitrogen and oxygen atoms in total. The second kappa shape index (κ2) is 10.2. The molecule has 1 unspecified atom stereocenters. The molecular weight excluding hydrogens is 383 g/mol. The maximum absolute atomic E-state index is 11.7. The number of guanidine groups is 1. The van der Waals surface area contributed by atoms with E-state index in [2.05, 4.69) is 29.1 Å². The molecule has 1 aliphatic rings. The third kappa shape index (κ3) is 7.30. The Morgan fingerprint density at radius 3 is 2.48 bits per heavy atom. The van der Waals surface area contributed by atoms with E-state index in [1.54, 1.807) is 19.0 Å². The van der Waals surface area contributed by atoms with Crippen molar-refractivity contribution >= 4 is 35.8 Å². The number of aliphatic hydroxyl groups excluding tert-OH is 1. The third-order valence-corrected chi connectivity index (χ3v) is 3.61. The van der Waals surface area contributed by atoms with Crippen molar-refractivity contribution in [3.8, 4) is 0 Å². The Kier molecular flexibility index (Phi) is 9.93. The van der Waals surface area contributed by atoms with Gasteiger partial charge in [-0.15, -0.1) is 24.0 Å². The molecule has 1 saturated heterocycles. The smallest absolute Gasteiger partial charge is 0.243 e. The molecule has 7 heteroatoms. The minimum atomic E-state index is -0.209. The van der Waals surface area contributed by atoms with Crippen molar-refractivity contribution in [2.75, 3.05) is 33.7 Å². The van der Waals surface area contributed by atoms with Crippen LogP contribution in [0.25, 0.3) is 0 Å². The first-order chi connectivity index (χ1) is 9.43. The van der Waals surface area contributed by atoms with Crippen LogP contribution in [0.2, 0.25) is 0 Å². The standard InChI is InChI=1S/C14H28N4O2.HI/c1-5-11(2)16-14(15-10-13(20)17(3)4)18-8-6-12(19)7-9-18;/h11-12,19H,5-10H2,1-4H3,(H,15,16);1H. The number of likely N-dealkylation sites (N-methyl/N-ethyl adjacent to an activating group) is 1. The second-order valence-electron chi connectivity index (χ2n) is 5.60. The van der Waals surface area contributed by atoms with Gasteiger partial charge in [0.05, 0.1) is 6.10 Å². The van der Waals surface area contributed by atoms with Crippen molar-refractivity contribution in [2.24, 2.45) is 4.99 Å². The van der Waals surface area contributed by atoms with Crippen LogP contribution in [0.5, 0.6) is 0 Å². The van der Waals surface area contributed by atoms with E-state index in [0.717, 1.165) is 38.3 Å². The molecule has 1 amide bonds. The van der Waals surface area contributed by atoms with Gasteiger partial charge in [-0.2, -0.15) is 0 Å². The van der Waals surface area contributed by atoms with Crippen LogP contribution in [0, 0.1) is 0 Å². The zero-order chi connectivity index (χ0) is 15.1. The Hall–Kier alpha value is -0.570. The molecule has 0 radical (unpaired) electrons. The number of aliphatic hydroxyl groups is 1. The summed E-state index contributed by atoms with van der Waals surface area (Å²) in [6.45, 7) is 5.92. The highest BCUT2D eigenvalue weighted by Gasteiger charge is 2.21. The summed E-state index contributed by atoms with van der Waals surface area (Å²) in [6.07, 6.45) is 2.29. The lowest BCUT2D eigenvalue weighted by Gasteiger charge is -2.33. The average molecular weight is 412 g/mol. The molecule has 1 aliphatic heterocycles. The summed E-state index contributed by atoms with van der Waals surface area (Å²) in [6, 6.07) is 0.315. The first-order valence-corrected chi connectivity index (χ1v) is 7.38. The molecule has 124 valence electrons. The lowest BCUT2D eigenvalue weighted by Crippen LogP contribution is -2.49. The molecule has 1 rings (SSSR count). The van der Waals surface area contributed by atoms with Crippen LogP contribution in [0.4, 0.5) is 0 Å². The molecule has 2 N–H and O–H groups in total. The molecule has 1 atom stereocenters. The first-order valence-electron chi connectivity index (χ1n) is 7.38. The van der Waals surface area contributed by atoms with Gasteiger partial charge in [0.25, 0.3) is 0 Å². The van der Waals surface area contributed by atoms with E-state index in [4.69, 9.17) is 0 Å². The minimum absolute atomic E-state index is 0. The number of hydrogen-bond donors (Lipinski definition) is 2. The summed E-state index contributed by atoms with van der Waals surface area (Å²) in [5.41, 5.74) is 0. The first kappa shape index (κ1) is 20.4. The Bertz CT molecular complexity index is 342. The SMILES string of the molecule is CCC(C)NC(=NCC(=O)N(C)C)N1CCC(O)CC1.I. The zero-order valence-electron chi connectivity index (χ0n) is 13.5. The van der Waals surface area contributed by atoms with E-state index in [0.29, 0.717) is 6.04 Å². The predicted octanol–water partition coefficient (Wildman–Crippen LogP) is 0.893. The van der Waals surface area contributed by atoms with E-state index < -0.39 is 0 Å². The number of carbonyl (C=O) groups excluding carboxylic acids is 1. The van der Waals surface area contributed by atoms with Crippen molar-refractivity contribution in [2.45, 2.75) is 45.3 Å². The van der Waals surface area contributed by atoms with Gasteiger partial charge in [-0.25, -0.2) is 4.99 Å². The van der Waals surface area contributed by atoms with E-state index in [-0.39, 0.29) is 42.5 Å². The van der Waals surface area contributed by atoms with Gasteiger partial charge in [0.2, 0.25) is 5.91 Å². The van der Waals surface area contributed by atoms with Gasteiger partial charge < -0.3 is 20.2 Å². The van der Waals surface area contributed by atoms with Gasteiger partial charge in [-0.05, 0) is 26.2 Å². The quantitative estimate of drug-likeness (QED) is 0.409. The molecule has 0 aromatic rings. The number of halogens is 1. The summed E-state index contributed by atoms with van der Waals surface area (Å²) < 4.78 is 0. The topological polar surface area (TPSA) is 68.2 Å². The molecule has 0 saturated carbocycles. The number of carbonyl (C=O) groups is 1. The van der Waals surface area contributed by atoms with Crippen LogP contribution in [0.1, 0.15) is 33.1 Å². The monoisotopic (exact) mass is 412 g/mol. The molecule has 0 aromatic carbocycles. The van der Waals surface area contributed by atoms with Gasteiger partial charge >= 0.3 is 0 Å². The van der Waals surface area contributed by atoms with Crippen molar-refractivity contribution in [3.63, 3.8) is 0 Å². The van der Waals surface area contributed by atoms with Gasteiger partial charge in [0.15, 0.2) is 5.96 Å². The summed E-state index contributed by atoms with van der Waals surface area (Å²) in [7, 11) is 3.47. The molecular formula is C14H29IN4O2. The predicted molar refractivity (Wildman–Crippen MR) is 96.1 cm³/mol. The largest absolute Gasteiger partial charge is 0.393 e. The van der Waals surface area contributed by atoms with E-state index in [1.807, 2.05) is 0 Å². The second-order valence-corrected chi connectivity index (χ2v) is 5.60. The summed E-state index contributed by atoms with van der Waals surface area (Å²) in [4.78, 5) is 19.8. The number of nitrogens with zero attached hydrogens (tertiary/aromatic N) is 3. The highest BCUT2D eigenvalue weighted by molar-refractivity contribution is 14.0. The lowest BCUT2D eigenvalue weighted by molar-refractivity contribution is -0.127. The van der Waals surface area contributed by atoms with Gasteiger partial charge in [0, 0.05) is 33.2 Å². The number of amides is 1. The minimum Gasteiger partial charge on any atom is -0.393 e. The maximum atomic E-state index is 11.7. The molecule has 0 bridgehead atoms. The maximum Gasteiger partial charge on any atom is 0.243 e. The van der Waals surface area contributed by atoms with Gasteiger partial charge in [-0.1, -0.05) is 6.92 Å². The van der Waals surface area contributed by atoms with E-state index >= 15 is 0 Å². The molecule has 0 aliphatic carbocycles. The summed E-state index contributed by atoms with van der Waals surface area (Å²) >= 11 is 0. The number of piperidine rings is 1. The number of aliphatic imine (C=N–C) groups is 1. The van der Waals surface area contributed by atoms with Crippen LogP contribution < -0.4 is 5.32 Å². The normalized spacial score (nSPS) is 18.0. The van der Waals surface area contributed by atoms with Crippen molar-refractivity contribution in [1.29, 1.82) is 0 Å². The van der Waals surface area contributed by atoms with Crippen LogP contribution >= 0.6 is 24.0 Å². The van der Waals surface area contributed by atoms with Crippen molar-refractivity contribution in [1.82, 2.24) is 15.1 Å². The van der Waals surface area contributed by atoms with Crippen molar-refractivity contribution < 1.29 is 9.90 Å². The van der Waals surface area contributed by atoms with Gasteiger partial charge in [0.1, 0.15) is 6.54 Å². The zero-order valence-corrected chi connectivity index (χ0v) is 15.8. The Labute approximate surface area is 145 Å². The fraction of sp³-hybridized carbons (Fsp3) is 0.857. The highest BCUT2D eigenvalue weighted by atomic mass is 127. The van der Waals surface area contributed by atoms with Crippen LogP contribution in [-0.2, 0) is 4.79 Å². The van der Waals surface area contributed by atoms with E-state index in [1.165, 1.54) is 0 Å².